The maximum atomic E-state index is 13.4. The van der Waals surface area contributed by atoms with Gasteiger partial charge in [0.15, 0.2) is 11.5 Å². The fourth-order valence-electron chi connectivity index (χ4n) is 4.11. The van der Waals surface area contributed by atoms with Crippen LogP contribution in [0.4, 0.5) is 4.39 Å². The van der Waals surface area contributed by atoms with Gasteiger partial charge >= 0.3 is 0 Å². The molecular formula is C26H37ClFN3O3. The van der Waals surface area contributed by atoms with Crippen molar-refractivity contribution in [2.45, 2.75) is 31.9 Å². The van der Waals surface area contributed by atoms with E-state index in [9.17, 15) is 9.18 Å². The van der Waals surface area contributed by atoms with Gasteiger partial charge in [0.05, 0.1) is 13.7 Å². The lowest BCUT2D eigenvalue weighted by Crippen LogP contribution is -2.48. The zero-order chi connectivity index (χ0) is 23.8. The molecule has 0 radical (unpaired) electrons. The van der Waals surface area contributed by atoms with Gasteiger partial charge in [0.2, 0.25) is 5.91 Å². The van der Waals surface area contributed by atoms with Crippen LogP contribution in [0.15, 0.2) is 42.5 Å². The molecule has 8 heteroatoms. The molecule has 1 aliphatic heterocycles. The van der Waals surface area contributed by atoms with E-state index in [-0.39, 0.29) is 30.7 Å². The molecule has 0 bridgehead atoms. The number of likely N-dealkylation sites (tertiary alicyclic amines) is 1. The molecule has 0 unspecified atom stereocenters. The van der Waals surface area contributed by atoms with Gasteiger partial charge in [-0.3, -0.25) is 9.69 Å². The van der Waals surface area contributed by atoms with Crippen LogP contribution >= 0.6 is 12.4 Å². The van der Waals surface area contributed by atoms with Gasteiger partial charge in [-0.05, 0) is 74.8 Å². The first kappa shape index (κ1) is 27.9. The Morgan fingerprint density at radius 1 is 1.09 bits per heavy atom. The van der Waals surface area contributed by atoms with E-state index in [1.165, 1.54) is 12.1 Å². The molecule has 188 valence electrons. The van der Waals surface area contributed by atoms with Crippen molar-refractivity contribution in [1.29, 1.82) is 0 Å². The molecule has 2 aromatic carbocycles. The van der Waals surface area contributed by atoms with E-state index >= 15 is 0 Å². The van der Waals surface area contributed by atoms with Crippen molar-refractivity contribution in [2.75, 3.05) is 54.4 Å². The van der Waals surface area contributed by atoms with Crippen LogP contribution in [0, 0.1) is 5.82 Å². The Kier molecular flexibility index (Phi) is 11.1. The van der Waals surface area contributed by atoms with Crippen molar-refractivity contribution >= 4 is 18.3 Å². The second-order valence-corrected chi connectivity index (χ2v) is 8.95. The maximum Gasteiger partial charge on any atom is 0.236 e. The molecule has 34 heavy (non-hydrogen) atoms. The van der Waals surface area contributed by atoms with E-state index in [0.29, 0.717) is 24.1 Å². The Hall–Kier alpha value is -2.35. The van der Waals surface area contributed by atoms with Gasteiger partial charge in [-0.15, -0.1) is 12.4 Å². The van der Waals surface area contributed by atoms with Crippen molar-refractivity contribution in [3.8, 4) is 11.5 Å². The molecule has 1 heterocycles. The van der Waals surface area contributed by atoms with Crippen LogP contribution in [0.2, 0.25) is 0 Å². The number of piperidine rings is 1. The Morgan fingerprint density at radius 2 is 1.82 bits per heavy atom. The van der Waals surface area contributed by atoms with Crippen LogP contribution in [0.25, 0.3) is 0 Å². The van der Waals surface area contributed by atoms with E-state index in [0.717, 1.165) is 50.0 Å². The van der Waals surface area contributed by atoms with Crippen molar-refractivity contribution < 1.29 is 18.7 Å². The third kappa shape index (κ3) is 8.15. The highest BCUT2D eigenvalue weighted by molar-refractivity contribution is 5.85. The monoisotopic (exact) mass is 493 g/mol. The number of hydrogen-bond donors (Lipinski definition) is 0. The third-order valence-electron chi connectivity index (χ3n) is 6.24. The zero-order valence-corrected chi connectivity index (χ0v) is 21.4. The smallest absolute Gasteiger partial charge is 0.236 e. The molecule has 0 spiro atoms. The molecule has 1 amide bonds. The Labute approximate surface area is 209 Å². The van der Waals surface area contributed by atoms with E-state index in [4.69, 9.17) is 9.47 Å². The lowest BCUT2D eigenvalue weighted by atomic mass is 10.0. The number of likely N-dealkylation sites (N-methyl/N-ethyl adjacent to an activating group) is 1. The second-order valence-electron chi connectivity index (χ2n) is 8.95. The summed E-state index contributed by atoms with van der Waals surface area (Å²) < 4.78 is 24.8. The lowest BCUT2D eigenvalue weighted by Gasteiger charge is -2.37. The van der Waals surface area contributed by atoms with Gasteiger partial charge in [-0.25, -0.2) is 4.39 Å². The highest BCUT2D eigenvalue weighted by Gasteiger charge is 2.25. The Balaban J connectivity index is 0.00000408. The molecule has 0 aromatic heterocycles. The number of halogens is 2. The summed E-state index contributed by atoms with van der Waals surface area (Å²) in [5.74, 6) is 1.13. The number of benzene rings is 2. The molecule has 0 atom stereocenters. The van der Waals surface area contributed by atoms with Gasteiger partial charge in [0.1, 0.15) is 12.4 Å². The van der Waals surface area contributed by atoms with E-state index in [1.807, 2.05) is 38.4 Å². The van der Waals surface area contributed by atoms with Crippen LogP contribution in [-0.2, 0) is 17.8 Å². The minimum absolute atomic E-state index is 0. The highest BCUT2D eigenvalue weighted by Crippen LogP contribution is 2.29. The summed E-state index contributed by atoms with van der Waals surface area (Å²) in [5, 5.41) is 0. The fraction of sp³-hybridized carbons (Fsp3) is 0.500. The van der Waals surface area contributed by atoms with E-state index < -0.39 is 0 Å². The Morgan fingerprint density at radius 3 is 2.47 bits per heavy atom. The summed E-state index contributed by atoms with van der Waals surface area (Å²) in [5.41, 5.74) is 1.89. The molecule has 0 saturated carbocycles. The second kappa shape index (κ2) is 13.5. The number of hydrogen-bond acceptors (Lipinski definition) is 5. The first-order valence-corrected chi connectivity index (χ1v) is 11.5. The summed E-state index contributed by atoms with van der Waals surface area (Å²) in [6.45, 7) is 3.63. The first-order chi connectivity index (χ1) is 15.9. The van der Waals surface area contributed by atoms with Crippen LogP contribution in [-0.4, -0.2) is 81.1 Å². The lowest BCUT2D eigenvalue weighted by molar-refractivity contribution is -0.130. The number of nitrogens with zero attached hydrogens (tertiary/aromatic N) is 3. The molecular weight excluding hydrogens is 457 g/mol. The molecule has 0 N–H and O–H groups in total. The molecule has 1 fully saturated rings. The maximum absolute atomic E-state index is 13.4. The molecule has 1 aliphatic rings. The van der Waals surface area contributed by atoms with Crippen molar-refractivity contribution in [3.05, 3.63) is 59.4 Å². The quantitative estimate of drug-likeness (QED) is 0.503. The third-order valence-corrected chi connectivity index (χ3v) is 6.24. The SMILES string of the molecule is COc1cc(CCN(CC(=O)N(C)C)C2CCN(C)CC2)ccc1OCc1cccc(F)c1.Cl. The van der Waals surface area contributed by atoms with Crippen molar-refractivity contribution in [2.24, 2.45) is 0 Å². The topological polar surface area (TPSA) is 45.2 Å². The van der Waals surface area contributed by atoms with Gasteiger partial charge in [0.25, 0.3) is 0 Å². The fourth-order valence-corrected chi connectivity index (χ4v) is 4.11. The average molecular weight is 494 g/mol. The molecule has 6 nitrogen and oxygen atoms in total. The number of methoxy groups -OCH3 is 1. The van der Waals surface area contributed by atoms with E-state index in [1.54, 1.807) is 18.1 Å². The van der Waals surface area contributed by atoms with Crippen LogP contribution in [0.3, 0.4) is 0 Å². The van der Waals surface area contributed by atoms with Gasteiger partial charge in [-0.2, -0.15) is 0 Å². The molecule has 2 aromatic rings. The highest BCUT2D eigenvalue weighted by atomic mass is 35.5. The van der Waals surface area contributed by atoms with Gasteiger partial charge in [-0.1, -0.05) is 18.2 Å². The Bertz CT molecular complexity index is 920. The van der Waals surface area contributed by atoms with E-state index in [2.05, 4.69) is 16.8 Å². The zero-order valence-electron chi connectivity index (χ0n) is 20.6. The van der Waals surface area contributed by atoms with Gasteiger partial charge in [0, 0.05) is 26.7 Å². The van der Waals surface area contributed by atoms with Crippen molar-refractivity contribution in [3.63, 3.8) is 0 Å². The number of ether oxygens (including phenoxy) is 2. The summed E-state index contributed by atoms with van der Waals surface area (Å²) >= 11 is 0. The first-order valence-electron chi connectivity index (χ1n) is 11.5. The predicted octanol–water partition coefficient (Wildman–Crippen LogP) is 3.86. The normalized spacial score (nSPS) is 14.5. The predicted molar refractivity (Wildman–Crippen MR) is 135 cm³/mol. The standard InChI is InChI=1S/C26H36FN3O3.ClH/c1-28(2)26(31)18-30(23-11-13-29(3)14-12-23)15-10-20-8-9-24(25(17-20)32-4)33-19-21-6-5-7-22(27)16-21;/h5-9,16-17,23H,10-15,18-19H2,1-4H3;1H. The minimum atomic E-state index is -0.277. The molecule has 0 aliphatic carbocycles. The number of amides is 1. The van der Waals surface area contributed by atoms with Crippen LogP contribution in [0.5, 0.6) is 11.5 Å². The number of rotatable bonds is 10. The van der Waals surface area contributed by atoms with Gasteiger partial charge < -0.3 is 19.3 Å². The number of carbonyl (C=O) groups excluding carboxylic acids is 1. The summed E-state index contributed by atoms with van der Waals surface area (Å²) in [6, 6.07) is 12.7. The molecule has 1 saturated heterocycles. The number of carbonyl (C=O) groups is 1. The summed E-state index contributed by atoms with van der Waals surface area (Å²) in [4.78, 5) is 18.8. The summed E-state index contributed by atoms with van der Waals surface area (Å²) in [7, 11) is 7.38. The molecule has 3 rings (SSSR count). The average Bonchev–Trinajstić information content (AvgIpc) is 2.81. The van der Waals surface area contributed by atoms with Crippen molar-refractivity contribution in [1.82, 2.24) is 14.7 Å². The van der Waals surface area contributed by atoms with Crippen LogP contribution in [0.1, 0.15) is 24.0 Å². The largest absolute Gasteiger partial charge is 0.493 e. The van der Waals surface area contributed by atoms with Crippen LogP contribution < -0.4 is 9.47 Å². The summed E-state index contributed by atoms with van der Waals surface area (Å²) in [6.07, 6.45) is 2.97. The minimum Gasteiger partial charge on any atom is -0.493 e.